The predicted molar refractivity (Wildman–Crippen MR) is 68.8 cm³/mol. The summed E-state index contributed by atoms with van der Waals surface area (Å²) in [4.78, 5) is -0.198. The van der Waals surface area contributed by atoms with E-state index in [1.54, 1.807) is 6.07 Å². The maximum Gasteiger partial charge on any atom is 0.240 e. The Morgan fingerprint density at radius 1 is 1.55 bits per heavy atom. The number of benzene rings is 1. The molecule has 0 saturated heterocycles. The van der Waals surface area contributed by atoms with Gasteiger partial charge in [-0.15, -0.1) is 0 Å². The smallest absolute Gasteiger partial charge is 0.240 e. The highest BCUT2D eigenvalue weighted by atomic mass is 32.2. The fourth-order valence-corrected chi connectivity index (χ4v) is 2.55. The van der Waals surface area contributed by atoms with Gasteiger partial charge in [-0.3, -0.25) is 0 Å². The Labute approximate surface area is 116 Å². The Balaban J connectivity index is 2.72. The van der Waals surface area contributed by atoms with Gasteiger partial charge in [-0.2, -0.15) is 5.26 Å². The van der Waals surface area contributed by atoms with Crippen molar-refractivity contribution in [1.29, 1.82) is 5.26 Å². The lowest BCUT2D eigenvalue weighted by Crippen LogP contribution is -2.28. The fraction of sp³-hybridized carbons (Fsp3) is 0.417. The number of rotatable bonds is 7. The van der Waals surface area contributed by atoms with E-state index < -0.39 is 21.9 Å². The first-order valence-electron chi connectivity index (χ1n) is 5.77. The van der Waals surface area contributed by atoms with Crippen molar-refractivity contribution in [1.82, 2.24) is 4.72 Å². The Hall–Kier alpha value is -1.53. The fourth-order valence-electron chi connectivity index (χ4n) is 1.48. The van der Waals surface area contributed by atoms with Crippen molar-refractivity contribution in [3.63, 3.8) is 0 Å². The van der Waals surface area contributed by atoms with Gasteiger partial charge >= 0.3 is 0 Å². The van der Waals surface area contributed by atoms with Crippen LogP contribution in [0.3, 0.4) is 0 Å². The molecule has 1 atom stereocenters. The lowest BCUT2D eigenvalue weighted by atomic mass is 10.2. The van der Waals surface area contributed by atoms with Crippen molar-refractivity contribution in [2.24, 2.45) is 0 Å². The summed E-state index contributed by atoms with van der Waals surface area (Å²) in [6.07, 6.45) is -0.593. The van der Waals surface area contributed by atoms with Gasteiger partial charge in [-0.1, -0.05) is 0 Å². The molecule has 1 unspecified atom stereocenters. The van der Waals surface area contributed by atoms with Gasteiger partial charge in [0.1, 0.15) is 11.9 Å². The van der Waals surface area contributed by atoms with Crippen molar-refractivity contribution in [2.75, 3.05) is 20.3 Å². The zero-order valence-corrected chi connectivity index (χ0v) is 11.7. The first kappa shape index (κ1) is 16.5. The van der Waals surface area contributed by atoms with Gasteiger partial charge in [-0.05, 0) is 24.6 Å². The molecule has 0 bridgehead atoms. The number of aliphatic hydroxyl groups is 1. The minimum atomic E-state index is -3.84. The van der Waals surface area contributed by atoms with E-state index in [0.717, 1.165) is 18.2 Å². The number of aliphatic hydroxyl groups excluding tert-OH is 1. The molecule has 0 aliphatic rings. The van der Waals surface area contributed by atoms with Gasteiger partial charge in [0.05, 0.1) is 23.2 Å². The molecule has 8 heteroatoms. The molecular formula is C12H15FN2O4S. The number of sulfonamides is 1. The Morgan fingerprint density at radius 2 is 2.25 bits per heavy atom. The SMILES string of the molecule is COCC(O)CCNS(=O)(=O)c1ccc(F)c(C#N)c1. The van der Waals surface area contributed by atoms with E-state index in [2.05, 4.69) is 4.72 Å². The molecule has 20 heavy (non-hydrogen) atoms. The second-order valence-electron chi connectivity index (χ2n) is 4.05. The molecule has 0 aliphatic heterocycles. The molecule has 1 rings (SSSR count). The Kier molecular flexibility index (Phi) is 6.04. The molecule has 0 amide bonds. The summed E-state index contributed by atoms with van der Waals surface area (Å²) in [5, 5.41) is 18.0. The number of halogens is 1. The van der Waals surface area contributed by atoms with Crippen LogP contribution in [0.25, 0.3) is 0 Å². The summed E-state index contributed by atoms with van der Waals surface area (Å²) in [5.74, 6) is -0.776. The van der Waals surface area contributed by atoms with Crippen LogP contribution in [0.15, 0.2) is 23.1 Å². The van der Waals surface area contributed by atoms with E-state index in [9.17, 15) is 17.9 Å². The average Bonchev–Trinajstić information content (AvgIpc) is 2.39. The van der Waals surface area contributed by atoms with Gasteiger partial charge < -0.3 is 9.84 Å². The van der Waals surface area contributed by atoms with Crippen molar-refractivity contribution in [3.8, 4) is 6.07 Å². The molecule has 1 aromatic carbocycles. The number of nitrogens with one attached hydrogen (secondary N) is 1. The monoisotopic (exact) mass is 302 g/mol. The molecule has 0 heterocycles. The van der Waals surface area contributed by atoms with Crippen LogP contribution in [0.4, 0.5) is 4.39 Å². The Morgan fingerprint density at radius 3 is 2.85 bits per heavy atom. The van der Waals surface area contributed by atoms with E-state index >= 15 is 0 Å². The van der Waals surface area contributed by atoms with Gasteiger partial charge in [0.15, 0.2) is 0 Å². The molecule has 0 radical (unpaired) electrons. The van der Waals surface area contributed by atoms with Crippen LogP contribution in [0.1, 0.15) is 12.0 Å². The normalized spacial score (nSPS) is 12.9. The van der Waals surface area contributed by atoms with E-state index in [1.807, 2.05) is 0 Å². The highest BCUT2D eigenvalue weighted by Gasteiger charge is 2.16. The van der Waals surface area contributed by atoms with Crippen LogP contribution in [0.2, 0.25) is 0 Å². The van der Waals surface area contributed by atoms with Crippen LogP contribution in [-0.4, -0.2) is 39.9 Å². The number of hydrogen-bond acceptors (Lipinski definition) is 5. The second-order valence-corrected chi connectivity index (χ2v) is 5.82. The first-order chi connectivity index (χ1) is 9.40. The van der Waals surface area contributed by atoms with Gasteiger partial charge in [0.2, 0.25) is 10.0 Å². The summed E-state index contributed by atoms with van der Waals surface area (Å²) in [5.41, 5.74) is -0.340. The predicted octanol–water partition coefficient (Wildman–Crippen LogP) is 0.373. The second kappa shape index (κ2) is 7.31. The van der Waals surface area contributed by atoms with E-state index in [0.29, 0.717) is 0 Å². The molecule has 0 saturated carbocycles. The zero-order valence-electron chi connectivity index (χ0n) is 10.8. The number of nitriles is 1. The molecule has 6 nitrogen and oxygen atoms in total. The third kappa shape index (κ3) is 4.54. The summed E-state index contributed by atoms with van der Waals surface area (Å²) in [7, 11) is -2.41. The van der Waals surface area contributed by atoms with Crippen LogP contribution in [0, 0.1) is 17.1 Å². The number of hydrogen-bond donors (Lipinski definition) is 2. The Bertz CT molecular complexity index is 598. The van der Waals surface area contributed by atoms with Crippen molar-refractivity contribution < 1.29 is 22.7 Å². The van der Waals surface area contributed by atoms with Gasteiger partial charge in [0, 0.05) is 13.7 Å². The average molecular weight is 302 g/mol. The summed E-state index contributed by atoms with van der Waals surface area (Å²) < 4.78 is 43.9. The molecule has 2 N–H and O–H groups in total. The molecule has 0 aliphatic carbocycles. The van der Waals surface area contributed by atoms with Crippen LogP contribution in [-0.2, 0) is 14.8 Å². The largest absolute Gasteiger partial charge is 0.391 e. The van der Waals surface area contributed by atoms with Crippen LogP contribution >= 0.6 is 0 Å². The third-order valence-electron chi connectivity index (χ3n) is 2.50. The van der Waals surface area contributed by atoms with Gasteiger partial charge in [0.25, 0.3) is 0 Å². The topological polar surface area (TPSA) is 99.4 Å². The zero-order chi connectivity index (χ0) is 15.2. The summed E-state index contributed by atoms with van der Waals surface area (Å²) in [6, 6.07) is 4.53. The number of nitrogens with zero attached hydrogens (tertiary/aromatic N) is 1. The van der Waals surface area contributed by atoms with E-state index in [1.165, 1.54) is 7.11 Å². The molecule has 1 aromatic rings. The molecule has 0 fully saturated rings. The standard InChI is InChI=1S/C12H15FN2O4S/c1-19-8-10(16)4-5-15-20(17,18)11-2-3-12(13)9(6-11)7-14/h2-3,6,10,15-16H,4-5,8H2,1H3. The lowest BCUT2D eigenvalue weighted by molar-refractivity contribution is 0.0603. The number of methoxy groups -OCH3 is 1. The minimum Gasteiger partial charge on any atom is -0.391 e. The minimum absolute atomic E-state index is 0.00607. The van der Waals surface area contributed by atoms with Crippen molar-refractivity contribution >= 4 is 10.0 Å². The maximum atomic E-state index is 13.1. The lowest BCUT2D eigenvalue weighted by Gasteiger charge is -2.10. The van der Waals surface area contributed by atoms with Crippen molar-refractivity contribution in [3.05, 3.63) is 29.6 Å². The first-order valence-corrected chi connectivity index (χ1v) is 7.25. The van der Waals surface area contributed by atoms with Gasteiger partial charge in [-0.25, -0.2) is 17.5 Å². The third-order valence-corrected chi connectivity index (χ3v) is 3.96. The van der Waals surface area contributed by atoms with Crippen LogP contribution in [0.5, 0.6) is 0 Å². The number of ether oxygens (including phenoxy) is 1. The molecule has 0 aromatic heterocycles. The highest BCUT2D eigenvalue weighted by Crippen LogP contribution is 2.14. The van der Waals surface area contributed by atoms with Crippen LogP contribution < -0.4 is 4.72 Å². The molecule has 110 valence electrons. The highest BCUT2D eigenvalue weighted by molar-refractivity contribution is 7.89. The van der Waals surface area contributed by atoms with E-state index in [-0.39, 0.29) is 30.0 Å². The van der Waals surface area contributed by atoms with Crippen molar-refractivity contribution in [2.45, 2.75) is 17.4 Å². The van der Waals surface area contributed by atoms with E-state index in [4.69, 9.17) is 10.00 Å². The molecular weight excluding hydrogens is 287 g/mol. The molecule has 0 spiro atoms. The summed E-state index contributed by atoms with van der Waals surface area (Å²) >= 11 is 0. The summed E-state index contributed by atoms with van der Waals surface area (Å²) in [6.45, 7) is 0.114. The quantitative estimate of drug-likeness (QED) is 0.758. The maximum absolute atomic E-state index is 13.1.